The molecule has 164 valence electrons. The number of allylic oxidation sites excluding steroid dienone is 1. The molecular formula is C24H29Cl2N5. The quantitative estimate of drug-likeness (QED) is 0.435. The zero-order valence-electron chi connectivity index (χ0n) is 18.8. The number of para-hydroxylation sites is 1. The van der Waals surface area contributed by atoms with Crippen molar-refractivity contribution in [1.29, 1.82) is 0 Å². The highest BCUT2D eigenvalue weighted by molar-refractivity contribution is 6.35. The third-order valence-electron chi connectivity index (χ3n) is 5.22. The average molecular weight is 458 g/mol. The fourth-order valence-corrected chi connectivity index (χ4v) is 3.94. The van der Waals surface area contributed by atoms with Gasteiger partial charge in [-0.1, -0.05) is 80.4 Å². The zero-order chi connectivity index (χ0) is 22.8. The Hall–Kier alpha value is -2.37. The van der Waals surface area contributed by atoms with Crippen LogP contribution < -0.4 is 5.32 Å². The van der Waals surface area contributed by atoms with E-state index in [0.717, 1.165) is 17.1 Å². The molecule has 0 spiro atoms. The van der Waals surface area contributed by atoms with E-state index in [9.17, 15) is 0 Å². The van der Waals surface area contributed by atoms with Crippen LogP contribution in [-0.4, -0.2) is 20.2 Å². The van der Waals surface area contributed by atoms with Crippen molar-refractivity contribution in [3.8, 4) is 0 Å². The minimum absolute atomic E-state index is 0.0952. The molecule has 0 saturated carbocycles. The largest absolute Gasteiger partial charge is 0.373 e. The van der Waals surface area contributed by atoms with Crippen molar-refractivity contribution in [1.82, 2.24) is 20.2 Å². The molecule has 1 heterocycles. The van der Waals surface area contributed by atoms with Crippen molar-refractivity contribution in [2.45, 2.75) is 53.1 Å². The number of benzene rings is 2. The molecule has 7 heteroatoms. The molecule has 0 unspecified atom stereocenters. The standard InChI is InChI=1S/C24H29Cl2N5/c1-16-9-7-8-10-20(16)27-24(5,6)22-28-29-30-31(22)21(23(2,3)4)14-12-17-11-13-18(25)15-19(17)26/h7-15,21,27H,1-6H3/b14-12+/t21-/m1/s1. The molecule has 1 aromatic heterocycles. The van der Waals surface area contributed by atoms with Crippen LogP contribution in [0, 0.1) is 12.3 Å². The first-order chi connectivity index (χ1) is 14.5. The Morgan fingerprint density at radius 3 is 2.39 bits per heavy atom. The lowest BCUT2D eigenvalue weighted by molar-refractivity contribution is 0.258. The minimum atomic E-state index is -0.495. The lowest BCUT2D eigenvalue weighted by Gasteiger charge is -2.33. The maximum atomic E-state index is 6.37. The SMILES string of the molecule is Cc1ccccc1NC(C)(C)c1nnnn1[C@H](/C=C/c1ccc(Cl)cc1Cl)C(C)(C)C. The van der Waals surface area contributed by atoms with Gasteiger partial charge in [-0.3, -0.25) is 0 Å². The summed E-state index contributed by atoms with van der Waals surface area (Å²) < 4.78 is 1.89. The first-order valence-corrected chi connectivity index (χ1v) is 11.0. The molecule has 0 bridgehead atoms. The summed E-state index contributed by atoms with van der Waals surface area (Å²) in [6, 6.07) is 13.6. The summed E-state index contributed by atoms with van der Waals surface area (Å²) in [4.78, 5) is 0. The van der Waals surface area contributed by atoms with Crippen molar-refractivity contribution in [3.05, 3.63) is 75.5 Å². The molecule has 1 N–H and O–H groups in total. The smallest absolute Gasteiger partial charge is 0.176 e. The fourth-order valence-electron chi connectivity index (χ4n) is 3.47. The van der Waals surface area contributed by atoms with Crippen molar-refractivity contribution >= 4 is 35.0 Å². The predicted molar refractivity (Wildman–Crippen MR) is 130 cm³/mol. The summed E-state index contributed by atoms with van der Waals surface area (Å²) in [6.45, 7) is 12.7. The zero-order valence-corrected chi connectivity index (χ0v) is 20.3. The van der Waals surface area contributed by atoms with Gasteiger partial charge in [0.2, 0.25) is 0 Å². The number of nitrogens with zero attached hydrogens (tertiary/aromatic N) is 4. The third-order valence-corrected chi connectivity index (χ3v) is 5.78. The Morgan fingerprint density at radius 1 is 1.03 bits per heavy atom. The Bertz CT molecular complexity index is 1080. The average Bonchev–Trinajstić information content (AvgIpc) is 3.14. The minimum Gasteiger partial charge on any atom is -0.373 e. The lowest BCUT2D eigenvalue weighted by Crippen LogP contribution is -2.35. The van der Waals surface area contributed by atoms with E-state index in [4.69, 9.17) is 23.2 Å². The second-order valence-corrected chi connectivity index (χ2v) is 10.2. The molecule has 0 aliphatic heterocycles. The van der Waals surface area contributed by atoms with Crippen LogP contribution in [-0.2, 0) is 5.54 Å². The van der Waals surface area contributed by atoms with E-state index in [-0.39, 0.29) is 11.5 Å². The van der Waals surface area contributed by atoms with E-state index in [0.29, 0.717) is 10.0 Å². The lowest BCUT2D eigenvalue weighted by atomic mass is 9.85. The van der Waals surface area contributed by atoms with E-state index in [1.807, 2.05) is 35.0 Å². The summed E-state index contributed by atoms with van der Waals surface area (Å²) in [5.74, 6) is 0.752. The third kappa shape index (κ3) is 5.46. The highest BCUT2D eigenvalue weighted by atomic mass is 35.5. The monoisotopic (exact) mass is 457 g/mol. The van der Waals surface area contributed by atoms with Crippen LogP contribution in [0.1, 0.15) is 57.6 Å². The summed E-state index contributed by atoms with van der Waals surface area (Å²) in [6.07, 6.45) is 4.10. The first kappa shape index (κ1) is 23.3. The maximum Gasteiger partial charge on any atom is 0.176 e. The van der Waals surface area contributed by atoms with Crippen LogP contribution in [0.25, 0.3) is 6.08 Å². The molecule has 3 rings (SSSR count). The maximum absolute atomic E-state index is 6.37. The van der Waals surface area contributed by atoms with Gasteiger partial charge in [-0.25, -0.2) is 4.68 Å². The van der Waals surface area contributed by atoms with E-state index in [2.05, 4.69) is 80.6 Å². The Labute approximate surface area is 194 Å². The number of hydrogen-bond acceptors (Lipinski definition) is 4. The first-order valence-electron chi connectivity index (χ1n) is 10.2. The fraction of sp³-hybridized carbons (Fsp3) is 0.375. The number of aryl methyl sites for hydroxylation is 1. The summed E-state index contributed by atoms with van der Waals surface area (Å²) >= 11 is 12.4. The van der Waals surface area contributed by atoms with Crippen molar-refractivity contribution < 1.29 is 0 Å². The van der Waals surface area contributed by atoms with Gasteiger partial charge in [-0.15, -0.1) is 5.10 Å². The second kappa shape index (κ2) is 9.01. The summed E-state index contributed by atoms with van der Waals surface area (Å²) in [7, 11) is 0. The van der Waals surface area contributed by atoms with Gasteiger partial charge in [0.25, 0.3) is 0 Å². The van der Waals surface area contributed by atoms with Crippen LogP contribution in [0.15, 0.2) is 48.5 Å². The van der Waals surface area contributed by atoms with Gasteiger partial charge in [0.05, 0.1) is 11.6 Å². The van der Waals surface area contributed by atoms with Crippen molar-refractivity contribution in [2.24, 2.45) is 5.41 Å². The van der Waals surface area contributed by atoms with Crippen LogP contribution in [0.3, 0.4) is 0 Å². The van der Waals surface area contributed by atoms with Gasteiger partial charge >= 0.3 is 0 Å². The Morgan fingerprint density at radius 2 is 1.74 bits per heavy atom. The molecule has 0 fully saturated rings. The normalized spacial score (nSPS) is 13.5. The number of nitrogens with one attached hydrogen (secondary N) is 1. The van der Waals surface area contributed by atoms with Crippen molar-refractivity contribution in [3.63, 3.8) is 0 Å². The molecule has 3 aromatic rings. The molecule has 0 amide bonds. The molecule has 1 atom stereocenters. The number of anilines is 1. The van der Waals surface area contributed by atoms with Gasteiger partial charge < -0.3 is 5.32 Å². The van der Waals surface area contributed by atoms with E-state index >= 15 is 0 Å². The van der Waals surface area contributed by atoms with Crippen molar-refractivity contribution in [2.75, 3.05) is 5.32 Å². The van der Waals surface area contributed by atoms with Gasteiger partial charge in [0, 0.05) is 15.7 Å². The van der Waals surface area contributed by atoms with Crippen LogP contribution in [0.4, 0.5) is 5.69 Å². The molecular weight excluding hydrogens is 429 g/mol. The predicted octanol–water partition coefficient (Wildman–Crippen LogP) is 6.94. The Balaban J connectivity index is 1.98. The van der Waals surface area contributed by atoms with Crippen LogP contribution >= 0.6 is 23.2 Å². The van der Waals surface area contributed by atoms with Crippen LogP contribution in [0.2, 0.25) is 10.0 Å². The molecule has 0 aliphatic rings. The number of rotatable bonds is 6. The number of tetrazole rings is 1. The van der Waals surface area contributed by atoms with Gasteiger partial charge in [0.1, 0.15) is 0 Å². The summed E-state index contributed by atoms with van der Waals surface area (Å²) in [5.41, 5.74) is 2.48. The molecule has 0 saturated heterocycles. The Kier molecular flexibility index (Phi) is 6.77. The molecule has 31 heavy (non-hydrogen) atoms. The highest BCUT2D eigenvalue weighted by Crippen LogP contribution is 2.36. The number of aromatic nitrogens is 4. The molecule has 5 nitrogen and oxygen atoms in total. The van der Waals surface area contributed by atoms with E-state index in [1.165, 1.54) is 5.56 Å². The van der Waals surface area contributed by atoms with Gasteiger partial charge in [-0.05, 0) is 65.9 Å². The topological polar surface area (TPSA) is 55.6 Å². The van der Waals surface area contributed by atoms with Gasteiger partial charge in [-0.2, -0.15) is 0 Å². The number of hydrogen-bond donors (Lipinski definition) is 1. The van der Waals surface area contributed by atoms with Crippen LogP contribution in [0.5, 0.6) is 0 Å². The van der Waals surface area contributed by atoms with E-state index in [1.54, 1.807) is 6.07 Å². The highest BCUT2D eigenvalue weighted by Gasteiger charge is 2.34. The van der Waals surface area contributed by atoms with Gasteiger partial charge in [0.15, 0.2) is 5.82 Å². The number of halogens is 2. The van der Waals surface area contributed by atoms with E-state index < -0.39 is 5.54 Å². The molecule has 0 radical (unpaired) electrons. The second-order valence-electron chi connectivity index (χ2n) is 9.35. The molecule has 2 aromatic carbocycles. The molecule has 0 aliphatic carbocycles. The summed E-state index contributed by atoms with van der Waals surface area (Å²) in [5, 5.41) is 17.6.